The summed E-state index contributed by atoms with van der Waals surface area (Å²) in [7, 11) is 0. The molecule has 7 nitrogen and oxygen atoms in total. The summed E-state index contributed by atoms with van der Waals surface area (Å²) in [4.78, 5) is 11.5. The number of rotatable bonds is 28. The molecular weight excluding hydrogens is 472 g/mol. The Balaban J connectivity index is 3.55. The average Bonchev–Trinajstić information content (AvgIpc) is 2.89. The largest absolute Gasteiger partial charge is 0.479 e. The van der Waals surface area contributed by atoms with Gasteiger partial charge in [-0.05, 0) is 12.8 Å². The van der Waals surface area contributed by atoms with Crippen molar-refractivity contribution in [1.29, 1.82) is 0 Å². The van der Waals surface area contributed by atoms with Crippen LogP contribution in [0.1, 0.15) is 155 Å². The van der Waals surface area contributed by atoms with Crippen molar-refractivity contribution in [3.63, 3.8) is 0 Å². The van der Waals surface area contributed by atoms with E-state index in [-0.39, 0.29) is 6.42 Å². The number of aliphatic hydroxyl groups excluding tert-OH is 4. The predicted molar refractivity (Wildman–Crippen MR) is 150 cm³/mol. The fraction of sp³-hybridized carbons (Fsp3) is 0.967. The summed E-state index contributed by atoms with van der Waals surface area (Å²) in [6.07, 6.45) is 21.5. The maximum absolute atomic E-state index is 11.5. The first kappa shape index (κ1) is 36.3. The third kappa shape index (κ3) is 18.2. The van der Waals surface area contributed by atoms with Crippen LogP contribution in [-0.2, 0) is 4.79 Å². The highest BCUT2D eigenvalue weighted by Crippen LogP contribution is 2.24. The van der Waals surface area contributed by atoms with Gasteiger partial charge >= 0.3 is 5.97 Å². The van der Waals surface area contributed by atoms with Gasteiger partial charge in [0.25, 0.3) is 0 Å². The van der Waals surface area contributed by atoms with E-state index in [1.807, 2.05) is 0 Å². The van der Waals surface area contributed by atoms with Crippen molar-refractivity contribution in [1.82, 2.24) is 0 Å². The molecule has 6 N–H and O–H groups in total. The summed E-state index contributed by atoms with van der Waals surface area (Å²) in [5.74, 6) is -1.65. The van der Waals surface area contributed by atoms with Gasteiger partial charge in [-0.15, -0.1) is 0 Å². The Morgan fingerprint density at radius 3 is 1.16 bits per heavy atom. The van der Waals surface area contributed by atoms with E-state index in [0.717, 1.165) is 25.7 Å². The Kier molecular flexibility index (Phi) is 23.8. The van der Waals surface area contributed by atoms with Gasteiger partial charge < -0.3 is 30.6 Å². The zero-order valence-corrected chi connectivity index (χ0v) is 23.8. The molecule has 7 heteroatoms. The first-order chi connectivity index (χ1) is 17.8. The smallest absolute Gasteiger partial charge is 0.338 e. The van der Waals surface area contributed by atoms with Crippen molar-refractivity contribution < 1.29 is 35.4 Å². The lowest BCUT2D eigenvalue weighted by Gasteiger charge is -2.33. The Hall–Kier alpha value is -0.730. The Morgan fingerprint density at radius 1 is 0.595 bits per heavy atom. The third-order valence-corrected chi connectivity index (χ3v) is 7.68. The SMILES string of the molecule is CCCCCCCCCCCCCCCCCCCCCCCC[C@](O)(C(=O)O)[C@@H](O)[C@H](O)[C@H](O)CO. The number of carbonyl (C=O) groups is 1. The van der Waals surface area contributed by atoms with Gasteiger partial charge in [0, 0.05) is 0 Å². The lowest BCUT2D eigenvalue weighted by atomic mass is 9.85. The van der Waals surface area contributed by atoms with Crippen molar-refractivity contribution in [2.45, 2.75) is 179 Å². The summed E-state index contributed by atoms with van der Waals surface area (Å²) in [6.45, 7) is 1.43. The molecule has 0 bridgehead atoms. The van der Waals surface area contributed by atoms with Gasteiger partial charge in [-0.2, -0.15) is 0 Å². The van der Waals surface area contributed by atoms with Crippen molar-refractivity contribution >= 4 is 5.97 Å². The minimum Gasteiger partial charge on any atom is -0.479 e. The van der Waals surface area contributed by atoms with Gasteiger partial charge in [0.15, 0.2) is 5.60 Å². The third-order valence-electron chi connectivity index (χ3n) is 7.68. The molecule has 0 aromatic rings. The molecule has 0 aliphatic heterocycles. The van der Waals surface area contributed by atoms with Crippen LogP contribution in [0.3, 0.4) is 0 Å². The van der Waals surface area contributed by atoms with Crippen LogP contribution in [0.5, 0.6) is 0 Å². The molecule has 0 rings (SSSR count). The van der Waals surface area contributed by atoms with Gasteiger partial charge in [-0.3, -0.25) is 0 Å². The summed E-state index contributed by atoms with van der Waals surface area (Å²) >= 11 is 0. The molecule has 0 radical (unpaired) electrons. The van der Waals surface area contributed by atoms with E-state index in [1.165, 1.54) is 109 Å². The van der Waals surface area contributed by atoms with Crippen LogP contribution < -0.4 is 0 Å². The maximum atomic E-state index is 11.5. The molecule has 0 amide bonds. The molecule has 0 saturated carbocycles. The number of aliphatic carboxylic acids is 1. The fourth-order valence-corrected chi connectivity index (χ4v) is 4.99. The standard InChI is InChI=1S/C30H60O7/c1-2-3-4-5-6-7-8-9-10-11-12-13-14-15-16-17-18-19-20-21-22-23-24-30(37,29(35)36)28(34)27(33)26(32)25-31/h26-28,31-34,37H,2-25H2,1H3,(H,35,36)/t26-,27-,28+,30-/m1/s1. The summed E-state index contributed by atoms with van der Waals surface area (Å²) in [6, 6.07) is 0. The second-order valence-corrected chi connectivity index (χ2v) is 11.1. The zero-order chi connectivity index (χ0) is 27.8. The van der Waals surface area contributed by atoms with Crippen molar-refractivity contribution in [3.8, 4) is 0 Å². The zero-order valence-electron chi connectivity index (χ0n) is 23.8. The van der Waals surface area contributed by atoms with E-state index in [9.17, 15) is 30.3 Å². The van der Waals surface area contributed by atoms with Crippen LogP contribution in [0.2, 0.25) is 0 Å². The summed E-state index contributed by atoms with van der Waals surface area (Å²) in [5, 5.41) is 57.7. The molecule has 222 valence electrons. The van der Waals surface area contributed by atoms with E-state index in [1.54, 1.807) is 0 Å². The maximum Gasteiger partial charge on any atom is 0.338 e. The molecule has 0 aromatic heterocycles. The number of aliphatic hydroxyl groups is 5. The molecule has 0 fully saturated rings. The van der Waals surface area contributed by atoms with Gasteiger partial charge in [0.05, 0.1) is 6.61 Å². The highest BCUT2D eigenvalue weighted by atomic mass is 16.4. The van der Waals surface area contributed by atoms with Crippen LogP contribution in [0, 0.1) is 0 Å². The normalized spacial score (nSPS) is 15.8. The molecule has 0 aliphatic rings. The second kappa shape index (κ2) is 24.3. The molecule has 4 atom stereocenters. The van der Waals surface area contributed by atoms with Crippen LogP contribution in [0.4, 0.5) is 0 Å². The van der Waals surface area contributed by atoms with Crippen LogP contribution in [0.25, 0.3) is 0 Å². The van der Waals surface area contributed by atoms with Crippen LogP contribution >= 0.6 is 0 Å². The number of unbranched alkanes of at least 4 members (excludes halogenated alkanes) is 21. The predicted octanol–water partition coefficient (Wildman–Crippen LogP) is 5.87. The monoisotopic (exact) mass is 532 g/mol. The minimum absolute atomic E-state index is 0.224. The van der Waals surface area contributed by atoms with E-state index >= 15 is 0 Å². The summed E-state index contributed by atoms with van der Waals surface area (Å²) < 4.78 is 0. The number of carboxylic acids is 1. The van der Waals surface area contributed by atoms with Crippen molar-refractivity contribution in [2.24, 2.45) is 0 Å². The molecule has 0 saturated heterocycles. The second-order valence-electron chi connectivity index (χ2n) is 11.1. The van der Waals surface area contributed by atoms with E-state index in [2.05, 4.69) is 6.92 Å². The highest BCUT2D eigenvalue weighted by molar-refractivity contribution is 5.78. The topological polar surface area (TPSA) is 138 Å². The van der Waals surface area contributed by atoms with Gasteiger partial charge in [0.1, 0.15) is 18.3 Å². The van der Waals surface area contributed by atoms with Crippen LogP contribution in [0.15, 0.2) is 0 Å². The average molecular weight is 533 g/mol. The Morgan fingerprint density at radius 2 is 0.892 bits per heavy atom. The molecular formula is C30H60O7. The van der Waals surface area contributed by atoms with Crippen LogP contribution in [-0.4, -0.2) is 67.1 Å². The molecule has 0 aromatic carbocycles. The number of carboxylic acid groups (broad SMARTS) is 1. The summed E-state index contributed by atoms with van der Waals surface area (Å²) in [5.41, 5.74) is -2.55. The quantitative estimate of drug-likeness (QED) is 0.0693. The van der Waals surface area contributed by atoms with E-state index in [4.69, 9.17) is 5.11 Å². The molecule has 0 heterocycles. The molecule has 0 unspecified atom stereocenters. The van der Waals surface area contributed by atoms with E-state index in [0.29, 0.717) is 6.42 Å². The highest BCUT2D eigenvalue weighted by Gasteiger charge is 2.48. The lowest BCUT2D eigenvalue weighted by Crippen LogP contribution is -2.58. The lowest BCUT2D eigenvalue weighted by molar-refractivity contribution is -0.192. The van der Waals surface area contributed by atoms with Crippen molar-refractivity contribution in [2.75, 3.05) is 6.61 Å². The van der Waals surface area contributed by atoms with Gasteiger partial charge in [-0.25, -0.2) is 4.79 Å². The van der Waals surface area contributed by atoms with E-state index < -0.39 is 36.5 Å². The number of hydrogen-bond acceptors (Lipinski definition) is 6. The first-order valence-corrected chi connectivity index (χ1v) is 15.4. The van der Waals surface area contributed by atoms with Gasteiger partial charge in [-0.1, -0.05) is 142 Å². The first-order valence-electron chi connectivity index (χ1n) is 15.4. The Labute approximate surface area is 226 Å². The fourth-order valence-electron chi connectivity index (χ4n) is 4.99. The molecule has 0 spiro atoms. The minimum atomic E-state index is -2.55. The molecule has 37 heavy (non-hydrogen) atoms. The Bertz CT molecular complexity index is 516. The van der Waals surface area contributed by atoms with Crippen molar-refractivity contribution in [3.05, 3.63) is 0 Å². The van der Waals surface area contributed by atoms with Gasteiger partial charge in [0.2, 0.25) is 0 Å². The number of hydrogen-bond donors (Lipinski definition) is 6. The molecule has 0 aliphatic carbocycles.